The van der Waals surface area contributed by atoms with Gasteiger partial charge in [0.05, 0.1) is 0 Å². The van der Waals surface area contributed by atoms with Gasteiger partial charge < -0.3 is 0 Å². The van der Waals surface area contributed by atoms with E-state index in [1.807, 2.05) is 6.20 Å². The van der Waals surface area contributed by atoms with Crippen LogP contribution in [0.1, 0.15) is 37.6 Å². The van der Waals surface area contributed by atoms with Crippen molar-refractivity contribution in [3.8, 4) is 0 Å². The fraction of sp³-hybridized carbons (Fsp3) is 0.429. The molecule has 0 spiro atoms. The topological polar surface area (TPSA) is 31.6 Å². The SMILES string of the molecule is CCc1[nH][c]([Ru][c]2ccc[nH]2)c(CC)c1CC. The molecule has 0 bridgehead atoms. The van der Waals surface area contributed by atoms with Crippen LogP contribution < -0.4 is 8.58 Å². The van der Waals surface area contributed by atoms with Gasteiger partial charge in [0.25, 0.3) is 0 Å². The van der Waals surface area contributed by atoms with Gasteiger partial charge in [-0.1, -0.05) is 0 Å². The van der Waals surface area contributed by atoms with E-state index >= 15 is 0 Å². The third kappa shape index (κ3) is 2.55. The number of hydrogen-bond donors (Lipinski definition) is 2. The Hall–Kier alpha value is -0.817. The Morgan fingerprint density at radius 3 is 2.35 bits per heavy atom. The molecule has 0 radical (unpaired) electrons. The van der Waals surface area contributed by atoms with Crippen molar-refractivity contribution in [1.82, 2.24) is 9.97 Å². The summed E-state index contributed by atoms with van der Waals surface area (Å²) in [7, 11) is 0. The number of aromatic nitrogens is 2. The quantitative estimate of drug-likeness (QED) is 0.791. The molecule has 0 amide bonds. The minimum absolute atomic E-state index is 0.114. The Balaban J connectivity index is 2.36. The van der Waals surface area contributed by atoms with E-state index in [9.17, 15) is 0 Å². The summed E-state index contributed by atoms with van der Waals surface area (Å²) in [4.78, 5) is 6.98. The molecule has 0 atom stereocenters. The van der Waals surface area contributed by atoms with Gasteiger partial charge in [0, 0.05) is 0 Å². The average Bonchev–Trinajstić information content (AvgIpc) is 2.96. The first-order valence-corrected chi connectivity index (χ1v) is 8.02. The zero-order valence-corrected chi connectivity index (χ0v) is 12.4. The fourth-order valence-electron chi connectivity index (χ4n) is 2.21. The van der Waals surface area contributed by atoms with E-state index in [4.69, 9.17) is 0 Å². The number of rotatable bonds is 5. The van der Waals surface area contributed by atoms with Crippen LogP contribution in [-0.2, 0) is 36.4 Å². The van der Waals surface area contributed by atoms with Crippen LogP contribution in [0.5, 0.6) is 0 Å². The molecule has 2 N–H and O–H groups in total. The molecule has 0 aromatic carbocycles. The first-order valence-electron chi connectivity index (χ1n) is 6.28. The third-order valence-electron chi connectivity index (χ3n) is 3.04. The summed E-state index contributed by atoms with van der Waals surface area (Å²) in [5, 5.41) is 0. The zero-order valence-electron chi connectivity index (χ0n) is 10.7. The van der Waals surface area contributed by atoms with Gasteiger partial charge in [0.1, 0.15) is 0 Å². The summed E-state index contributed by atoms with van der Waals surface area (Å²) in [6.07, 6.45) is 5.42. The van der Waals surface area contributed by atoms with Crippen LogP contribution in [0.4, 0.5) is 0 Å². The van der Waals surface area contributed by atoms with E-state index in [1.54, 1.807) is 11.1 Å². The molecule has 0 saturated carbocycles. The number of aryl methyl sites for hydroxylation is 1. The van der Waals surface area contributed by atoms with Crippen molar-refractivity contribution in [3.63, 3.8) is 0 Å². The monoisotopic (exact) mass is 318 g/mol. The molecule has 2 aromatic rings. The van der Waals surface area contributed by atoms with Crippen LogP contribution in [0.2, 0.25) is 0 Å². The van der Waals surface area contributed by atoms with E-state index in [1.165, 1.54) is 14.3 Å². The van der Waals surface area contributed by atoms with Crippen molar-refractivity contribution in [3.05, 3.63) is 35.2 Å². The maximum atomic E-state index is 3.66. The van der Waals surface area contributed by atoms with Gasteiger partial charge in [-0.2, -0.15) is 0 Å². The number of aromatic amines is 2. The predicted molar refractivity (Wildman–Crippen MR) is 69.0 cm³/mol. The molecular formula is C14H20N2Ru. The fourth-order valence-corrected chi connectivity index (χ4v) is 4.47. The molecular weight excluding hydrogens is 297 g/mol. The molecule has 0 aliphatic carbocycles. The first-order chi connectivity index (χ1) is 8.30. The van der Waals surface area contributed by atoms with Crippen molar-refractivity contribution >= 4 is 8.58 Å². The van der Waals surface area contributed by atoms with Crippen LogP contribution in [0.25, 0.3) is 0 Å². The molecule has 2 rings (SSSR count). The maximum absolute atomic E-state index is 3.66. The average molecular weight is 317 g/mol. The second kappa shape index (κ2) is 5.68. The Kier molecular flexibility index (Phi) is 4.22. The van der Waals surface area contributed by atoms with Gasteiger partial charge >= 0.3 is 111 Å². The molecule has 0 saturated heterocycles. The normalized spacial score (nSPS) is 11.2. The van der Waals surface area contributed by atoms with Gasteiger partial charge in [-0.05, 0) is 0 Å². The number of hydrogen-bond acceptors (Lipinski definition) is 0. The van der Waals surface area contributed by atoms with Crippen LogP contribution in [0, 0.1) is 0 Å². The second-order valence-electron chi connectivity index (χ2n) is 4.02. The molecule has 0 aliphatic rings. The predicted octanol–water partition coefficient (Wildman–Crippen LogP) is 2.06. The molecule has 0 fully saturated rings. The van der Waals surface area contributed by atoms with Crippen molar-refractivity contribution in [2.24, 2.45) is 0 Å². The van der Waals surface area contributed by atoms with Gasteiger partial charge in [0.2, 0.25) is 0 Å². The summed E-state index contributed by atoms with van der Waals surface area (Å²) in [5.74, 6) is 0. The molecule has 94 valence electrons. The van der Waals surface area contributed by atoms with Crippen LogP contribution in [0.15, 0.2) is 18.3 Å². The number of H-pyrrole nitrogens is 2. The van der Waals surface area contributed by atoms with Crippen molar-refractivity contribution in [2.45, 2.75) is 40.0 Å². The van der Waals surface area contributed by atoms with E-state index in [0.29, 0.717) is 0 Å². The zero-order chi connectivity index (χ0) is 12.3. The Bertz CT molecular complexity index is 469. The van der Waals surface area contributed by atoms with Crippen LogP contribution >= 0.6 is 0 Å². The van der Waals surface area contributed by atoms with Gasteiger partial charge in [-0.3, -0.25) is 0 Å². The molecule has 0 aliphatic heterocycles. The van der Waals surface area contributed by atoms with Crippen molar-refractivity contribution < 1.29 is 17.1 Å². The van der Waals surface area contributed by atoms with E-state index in [2.05, 4.69) is 42.9 Å². The summed E-state index contributed by atoms with van der Waals surface area (Å²) in [6, 6.07) is 4.27. The molecule has 2 heterocycles. The van der Waals surface area contributed by atoms with Gasteiger partial charge in [-0.25, -0.2) is 0 Å². The molecule has 2 nitrogen and oxygen atoms in total. The summed E-state index contributed by atoms with van der Waals surface area (Å²) in [6.45, 7) is 6.76. The van der Waals surface area contributed by atoms with Crippen molar-refractivity contribution in [1.29, 1.82) is 0 Å². The first kappa shape index (κ1) is 12.6. The molecule has 0 unspecified atom stereocenters. The Morgan fingerprint density at radius 1 is 1.06 bits per heavy atom. The van der Waals surface area contributed by atoms with E-state index in [0.717, 1.165) is 19.3 Å². The van der Waals surface area contributed by atoms with Gasteiger partial charge in [-0.15, -0.1) is 0 Å². The Morgan fingerprint density at radius 2 is 1.82 bits per heavy atom. The molecule has 3 heteroatoms. The summed E-state index contributed by atoms with van der Waals surface area (Å²) < 4.78 is 2.86. The standard InChI is InChI=1S/C10H16N.C4H4N.Ru/c1-4-8-7-11-10(6-3)9(8)5-2;1-2-4-5-3-1;/h11H,4-6H2,1-3H3;1-3,5H;. The van der Waals surface area contributed by atoms with Gasteiger partial charge in [0.15, 0.2) is 0 Å². The molecule has 2 aromatic heterocycles. The summed E-state index contributed by atoms with van der Waals surface area (Å²) in [5.41, 5.74) is 4.57. The minimum atomic E-state index is 0.114. The van der Waals surface area contributed by atoms with Crippen molar-refractivity contribution in [2.75, 3.05) is 0 Å². The third-order valence-corrected chi connectivity index (χ3v) is 5.23. The second-order valence-corrected chi connectivity index (χ2v) is 6.26. The van der Waals surface area contributed by atoms with E-state index < -0.39 is 0 Å². The van der Waals surface area contributed by atoms with Crippen LogP contribution in [0.3, 0.4) is 0 Å². The van der Waals surface area contributed by atoms with Crippen LogP contribution in [-0.4, -0.2) is 9.97 Å². The van der Waals surface area contributed by atoms with E-state index in [-0.39, 0.29) is 17.1 Å². The summed E-state index contributed by atoms with van der Waals surface area (Å²) >= 11 is 0.114. The Labute approximate surface area is 111 Å². The number of nitrogens with one attached hydrogen (secondary N) is 2. The molecule has 17 heavy (non-hydrogen) atoms.